The summed E-state index contributed by atoms with van der Waals surface area (Å²) in [5.74, 6) is 4.64. The van der Waals surface area contributed by atoms with Crippen LogP contribution >= 0.6 is 0 Å². The van der Waals surface area contributed by atoms with Crippen LogP contribution in [0.25, 0.3) is 0 Å². The van der Waals surface area contributed by atoms with Crippen molar-refractivity contribution in [2.75, 3.05) is 0 Å². The summed E-state index contributed by atoms with van der Waals surface area (Å²) >= 11 is 0. The first kappa shape index (κ1) is 19.6. The van der Waals surface area contributed by atoms with E-state index in [2.05, 4.69) is 26.1 Å². The van der Waals surface area contributed by atoms with Crippen molar-refractivity contribution in [3.63, 3.8) is 0 Å². The van der Waals surface area contributed by atoms with E-state index in [0.29, 0.717) is 11.5 Å². The zero-order valence-corrected chi connectivity index (χ0v) is 18.6. The zero-order valence-electron chi connectivity index (χ0n) is 18.6. The van der Waals surface area contributed by atoms with Crippen molar-refractivity contribution in [1.82, 2.24) is 5.32 Å². The summed E-state index contributed by atoms with van der Waals surface area (Å²) in [5.41, 5.74) is 1.68. The molecule has 29 heavy (non-hydrogen) atoms. The molecule has 2 nitrogen and oxygen atoms in total. The van der Waals surface area contributed by atoms with E-state index in [9.17, 15) is 4.79 Å². The number of rotatable bonds is 2. The van der Waals surface area contributed by atoms with Crippen LogP contribution in [0.3, 0.4) is 0 Å². The second-order valence-electron chi connectivity index (χ2n) is 11.6. The minimum atomic E-state index is 0.122. The second kappa shape index (κ2) is 7.13. The molecule has 0 aromatic heterocycles. The monoisotopic (exact) mass is 393 g/mol. The molecule has 8 atom stereocenters. The zero-order chi connectivity index (χ0) is 20.2. The Kier molecular flexibility index (Phi) is 4.83. The Labute approximate surface area is 177 Å². The van der Waals surface area contributed by atoms with E-state index in [4.69, 9.17) is 0 Å². The lowest BCUT2D eigenvalue weighted by Crippen LogP contribution is -2.55. The molecule has 1 aromatic rings. The molecule has 0 bridgehead atoms. The smallest absolute Gasteiger partial charge is 0.251 e. The van der Waals surface area contributed by atoms with Crippen LogP contribution in [0, 0.1) is 40.4 Å². The van der Waals surface area contributed by atoms with Gasteiger partial charge in [-0.3, -0.25) is 4.79 Å². The van der Waals surface area contributed by atoms with Gasteiger partial charge in [0.2, 0.25) is 0 Å². The lowest BCUT2D eigenvalue weighted by atomic mass is 9.44. The van der Waals surface area contributed by atoms with E-state index >= 15 is 0 Å². The third kappa shape index (κ3) is 3.08. The third-order valence-electron chi connectivity index (χ3n) is 10.3. The van der Waals surface area contributed by atoms with E-state index in [0.717, 1.165) is 35.2 Å². The molecule has 1 N–H and O–H groups in total. The predicted octanol–water partition coefficient (Wildman–Crippen LogP) is 6.46. The minimum absolute atomic E-state index is 0.122. The van der Waals surface area contributed by atoms with Crippen molar-refractivity contribution in [2.24, 2.45) is 40.4 Å². The quantitative estimate of drug-likeness (QED) is 0.613. The lowest BCUT2D eigenvalue weighted by molar-refractivity contribution is -0.113. The molecule has 0 spiro atoms. The van der Waals surface area contributed by atoms with E-state index in [1.165, 1.54) is 57.8 Å². The van der Waals surface area contributed by atoms with Crippen LogP contribution in [-0.2, 0) is 0 Å². The molecule has 2 heteroatoms. The summed E-state index contributed by atoms with van der Waals surface area (Å²) in [6.45, 7) is 7.64. The molecule has 4 fully saturated rings. The van der Waals surface area contributed by atoms with Crippen LogP contribution in [0.2, 0.25) is 0 Å². The van der Waals surface area contributed by atoms with Gasteiger partial charge in [0.05, 0.1) is 0 Å². The molecule has 0 heterocycles. The first-order valence-corrected chi connectivity index (χ1v) is 12.3. The number of hydrogen-bond acceptors (Lipinski definition) is 1. The first-order valence-electron chi connectivity index (χ1n) is 12.3. The summed E-state index contributed by atoms with van der Waals surface area (Å²) < 4.78 is 0. The Hall–Kier alpha value is -1.31. The number of carbonyl (C=O) groups excluding carboxylic acids is 1. The maximum absolute atomic E-state index is 12.9. The van der Waals surface area contributed by atoms with Crippen LogP contribution in [-0.4, -0.2) is 11.9 Å². The molecule has 8 unspecified atom stereocenters. The Bertz CT molecular complexity index is 759. The van der Waals surface area contributed by atoms with E-state index in [1.807, 2.05) is 30.3 Å². The maximum Gasteiger partial charge on any atom is 0.251 e. The Morgan fingerprint density at radius 3 is 2.41 bits per heavy atom. The topological polar surface area (TPSA) is 29.1 Å². The van der Waals surface area contributed by atoms with Gasteiger partial charge in [-0.2, -0.15) is 0 Å². The van der Waals surface area contributed by atoms with Crippen LogP contribution < -0.4 is 5.32 Å². The number of amides is 1. The van der Waals surface area contributed by atoms with Gasteiger partial charge in [0, 0.05) is 11.6 Å². The Morgan fingerprint density at radius 1 is 0.897 bits per heavy atom. The van der Waals surface area contributed by atoms with Crippen LogP contribution in [0.5, 0.6) is 0 Å². The molecule has 5 rings (SSSR count). The molecule has 4 aliphatic rings. The van der Waals surface area contributed by atoms with Crippen LogP contribution in [0.4, 0.5) is 0 Å². The van der Waals surface area contributed by atoms with Gasteiger partial charge in [-0.05, 0) is 104 Å². The van der Waals surface area contributed by atoms with Gasteiger partial charge < -0.3 is 5.32 Å². The number of nitrogens with one attached hydrogen (secondary N) is 1. The van der Waals surface area contributed by atoms with E-state index in [-0.39, 0.29) is 11.3 Å². The summed E-state index contributed by atoms with van der Waals surface area (Å²) in [5, 5.41) is 3.46. The van der Waals surface area contributed by atoms with Gasteiger partial charge in [-0.1, -0.05) is 45.4 Å². The Balaban J connectivity index is 1.34. The molecule has 0 radical (unpaired) electrons. The van der Waals surface area contributed by atoms with E-state index in [1.54, 1.807) is 0 Å². The van der Waals surface area contributed by atoms with Crippen LogP contribution in [0.1, 0.15) is 88.9 Å². The lowest BCUT2D eigenvalue weighted by Gasteiger charge is -2.61. The molecule has 4 saturated carbocycles. The average molecular weight is 394 g/mol. The predicted molar refractivity (Wildman–Crippen MR) is 119 cm³/mol. The third-order valence-corrected chi connectivity index (χ3v) is 10.3. The van der Waals surface area contributed by atoms with Crippen molar-refractivity contribution >= 4 is 5.91 Å². The Morgan fingerprint density at radius 2 is 1.62 bits per heavy atom. The highest BCUT2D eigenvalue weighted by Gasteiger charge is 2.60. The fraction of sp³-hybridized carbons (Fsp3) is 0.741. The molecule has 1 amide bonds. The molecule has 4 aliphatic carbocycles. The van der Waals surface area contributed by atoms with Gasteiger partial charge in [-0.25, -0.2) is 0 Å². The summed E-state index contributed by atoms with van der Waals surface area (Å²) in [6, 6.07) is 10.1. The summed E-state index contributed by atoms with van der Waals surface area (Å²) in [7, 11) is 0. The number of benzene rings is 1. The van der Waals surface area contributed by atoms with Gasteiger partial charge in [0.15, 0.2) is 0 Å². The standard InChI is InChI=1S/C27H39NO/c1-18-13-15-26(2)20(17-18)9-10-21-22-11-12-24(27(22,3)16-14-23(21)26)28-25(29)19-7-5-4-6-8-19/h4-8,18,20-24H,9-17H2,1-3H3,(H,28,29). The fourth-order valence-electron chi connectivity index (χ4n) is 8.54. The first-order chi connectivity index (χ1) is 13.9. The molecule has 158 valence electrons. The molecular weight excluding hydrogens is 354 g/mol. The van der Waals surface area contributed by atoms with E-state index < -0.39 is 0 Å². The fourth-order valence-corrected chi connectivity index (χ4v) is 8.54. The highest BCUT2D eigenvalue weighted by atomic mass is 16.1. The van der Waals surface area contributed by atoms with Gasteiger partial charge >= 0.3 is 0 Å². The minimum Gasteiger partial charge on any atom is -0.349 e. The van der Waals surface area contributed by atoms with Crippen molar-refractivity contribution in [1.29, 1.82) is 0 Å². The van der Waals surface area contributed by atoms with Gasteiger partial charge in [0.25, 0.3) is 5.91 Å². The number of carbonyl (C=O) groups is 1. The van der Waals surface area contributed by atoms with Gasteiger partial charge in [0.1, 0.15) is 0 Å². The highest BCUT2D eigenvalue weighted by Crippen LogP contribution is 2.66. The van der Waals surface area contributed by atoms with Crippen LogP contribution in [0.15, 0.2) is 30.3 Å². The summed E-state index contributed by atoms with van der Waals surface area (Å²) in [4.78, 5) is 12.9. The largest absolute Gasteiger partial charge is 0.349 e. The maximum atomic E-state index is 12.9. The van der Waals surface area contributed by atoms with Crippen molar-refractivity contribution in [2.45, 2.75) is 84.6 Å². The number of fused-ring (bicyclic) bond motifs is 5. The number of hydrogen-bond donors (Lipinski definition) is 1. The summed E-state index contributed by atoms with van der Waals surface area (Å²) in [6.07, 6.45) is 12.4. The second-order valence-corrected chi connectivity index (χ2v) is 11.6. The normalized spacial score (nSPS) is 46.3. The van der Waals surface area contributed by atoms with Crippen molar-refractivity contribution < 1.29 is 4.79 Å². The SMILES string of the molecule is CC1CCC2(C)C(CCC3C2CCC2(C)C(NC(=O)c4ccccc4)CCC32)C1. The van der Waals surface area contributed by atoms with Gasteiger partial charge in [-0.15, -0.1) is 0 Å². The van der Waals surface area contributed by atoms with Crippen molar-refractivity contribution in [3.05, 3.63) is 35.9 Å². The molecule has 0 aliphatic heterocycles. The molecule has 1 aromatic carbocycles. The molecule has 0 saturated heterocycles. The van der Waals surface area contributed by atoms with Crippen molar-refractivity contribution in [3.8, 4) is 0 Å². The highest BCUT2D eigenvalue weighted by molar-refractivity contribution is 5.94. The average Bonchev–Trinajstić information content (AvgIpc) is 3.05. The molecular formula is C27H39NO.